The first-order valence-corrected chi connectivity index (χ1v) is 11.1. The minimum absolute atomic E-state index is 0.153. The standard InChI is InChI=1S/C24H28N6O3/c1-32-20-12-17-18(13-21(20)33-2)27-24(28-22(17)25)30-9-7-29(8-10-30)23(31)19-11-15-5-3-4-6-16(15)14-26-19/h3-6,12-13,19,26H,7-11,14H2,1-2H3,(H2,25,27,28)/t19-/m1/s1. The molecule has 9 heteroatoms. The number of nitrogens with one attached hydrogen (secondary N) is 1. The van der Waals surface area contributed by atoms with Crippen molar-refractivity contribution in [2.24, 2.45) is 0 Å². The number of ether oxygens (including phenoxy) is 2. The van der Waals surface area contributed by atoms with Crippen molar-refractivity contribution < 1.29 is 14.3 Å². The molecule has 1 amide bonds. The van der Waals surface area contributed by atoms with E-state index in [4.69, 9.17) is 20.2 Å². The average molecular weight is 449 g/mol. The maximum atomic E-state index is 13.1. The highest BCUT2D eigenvalue weighted by Crippen LogP contribution is 2.34. The van der Waals surface area contributed by atoms with Crippen molar-refractivity contribution in [3.8, 4) is 11.5 Å². The molecular weight excluding hydrogens is 420 g/mol. The number of anilines is 2. The monoisotopic (exact) mass is 448 g/mol. The van der Waals surface area contributed by atoms with Gasteiger partial charge in [0.2, 0.25) is 11.9 Å². The Kier molecular flexibility index (Phi) is 5.63. The van der Waals surface area contributed by atoms with Crippen LogP contribution in [0.4, 0.5) is 11.8 Å². The lowest BCUT2D eigenvalue weighted by Crippen LogP contribution is -2.55. The van der Waals surface area contributed by atoms with Gasteiger partial charge in [-0.2, -0.15) is 4.98 Å². The molecule has 0 aliphatic carbocycles. The second kappa shape index (κ2) is 8.74. The van der Waals surface area contributed by atoms with Crippen molar-refractivity contribution in [2.75, 3.05) is 51.0 Å². The van der Waals surface area contributed by atoms with Crippen molar-refractivity contribution >= 4 is 28.6 Å². The number of amides is 1. The van der Waals surface area contributed by atoms with E-state index in [0.717, 1.165) is 13.0 Å². The SMILES string of the molecule is COc1cc2nc(N3CCN(C(=O)[C@H]4Cc5ccccc5CN4)CC3)nc(N)c2cc1OC. The number of nitrogen functional groups attached to an aromatic ring is 1. The summed E-state index contributed by atoms with van der Waals surface area (Å²) in [6.07, 6.45) is 0.727. The Balaban J connectivity index is 1.28. The van der Waals surface area contributed by atoms with Gasteiger partial charge in [-0.05, 0) is 23.6 Å². The van der Waals surface area contributed by atoms with E-state index in [9.17, 15) is 4.79 Å². The number of carbonyl (C=O) groups excluding carboxylic acids is 1. The van der Waals surface area contributed by atoms with Crippen LogP contribution in [0.3, 0.4) is 0 Å². The van der Waals surface area contributed by atoms with Gasteiger partial charge in [0.1, 0.15) is 5.82 Å². The molecule has 5 rings (SSSR count). The average Bonchev–Trinajstić information content (AvgIpc) is 2.87. The van der Waals surface area contributed by atoms with Gasteiger partial charge in [-0.3, -0.25) is 4.79 Å². The van der Waals surface area contributed by atoms with Gasteiger partial charge in [-0.15, -0.1) is 0 Å². The first kappa shape index (κ1) is 21.3. The number of hydrogen-bond donors (Lipinski definition) is 2. The second-order valence-corrected chi connectivity index (χ2v) is 8.35. The van der Waals surface area contributed by atoms with Gasteiger partial charge in [-0.1, -0.05) is 24.3 Å². The molecule has 1 saturated heterocycles. The Morgan fingerprint density at radius 2 is 1.73 bits per heavy atom. The summed E-state index contributed by atoms with van der Waals surface area (Å²) in [7, 11) is 3.17. The summed E-state index contributed by atoms with van der Waals surface area (Å²) >= 11 is 0. The Hall–Kier alpha value is -3.59. The fourth-order valence-electron chi connectivity index (χ4n) is 4.58. The molecule has 172 valence electrons. The minimum Gasteiger partial charge on any atom is -0.493 e. The van der Waals surface area contributed by atoms with Crippen LogP contribution in [0, 0.1) is 0 Å². The maximum Gasteiger partial charge on any atom is 0.240 e. The van der Waals surface area contributed by atoms with Gasteiger partial charge in [0.15, 0.2) is 11.5 Å². The summed E-state index contributed by atoms with van der Waals surface area (Å²) in [4.78, 5) is 26.4. The van der Waals surface area contributed by atoms with Gasteiger partial charge in [0.05, 0.1) is 25.8 Å². The zero-order chi connectivity index (χ0) is 22.9. The van der Waals surface area contributed by atoms with Crippen LogP contribution in [-0.4, -0.2) is 67.2 Å². The molecule has 0 spiro atoms. The van der Waals surface area contributed by atoms with E-state index in [1.807, 2.05) is 23.1 Å². The van der Waals surface area contributed by atoms with Crippen LogP contribution in [0.25, 0.3) is 10.9 Å². The molecule has 33 heavy (non-hydrogen) atoms. The van der Waals surface area contributed by atoms with Crippen LogP contribution in [0.1, 0.15) is 11.1 Å². The van der Waals surface area contributed by atoms with Gasteiger partial charge in [0.25, 0.3) is 0 Å². The Bertz CT molecular complexity index is 1190. The van der Waals surface area contributed by atoms with Gasteiger partial charge in [0, 0.05) is 44.2 Å². The van der Waals surface area contributed by atoms with Crippen molar-refractivity contribution in [1.82, 2.24) is 20.2 Å². The van der Waals surface area contributed by atoms with E-state index in [1.54, 1.807) is 20.3 Å². The van der Waals surface area contributed by atoms with Crippen LogP contribution in [0.2, 0.25) is 0 Å². The van der Waals surface area contributed by atoms with Crippen LogP contribution >= 0.6 is 0 Å². The summed E-state index contributed by atoms with van der Waals surface area (Å²) in [5.74, 6) is 2.27. The van der Waals surface area contributed by atoms with Crippen molar-refractivity contribution in [3.63, 3.8) is 0 Å². The Morgan fingerprint density at radius 1 is 1.03 bits per heavy atom. The fraction of sp³-hybridized carbons (Fsp3) is 0.375. The predicted octanol–water partition coefficient (Wildman–Crippen LogP) is 1.59. The third kappa shape index (κ3) is 4.00. The summed E-state index contributed by atoms with van der Waals surface area (Å²) in [5.41, 5.74) is 9.46. The molecule has 3 heterocycles. The predicted molar refractivity (Wildman–Crippen MR) is 127 cm³/mol. The maximum absolute atomic E-state index is 13.1. The highest BCUT2D eigenvalue weighted by atomic mass is 16.5. The third-order valence-electron chi connectivity index (χ3n) is 6.47. The lowest BCUT2D eigenvalue weighted by atomic mass is 9.95. The normalized spacial score (nSPS) is 18.2. The topological polar surface area (TPSA) is 106 Å². The molecule has 2 aliphatic rings. The van der Waals surface area contributed by atoms with Crippen LogP contribution in [-0.2, 0) is 17.8 Å². The van der Waals surface area contributed by atoms with E-state index < -0.39 is 0 Å². The lowest BCUT2D eigenvalue weighted by molar-refractivity contribution is -0.134. The van der Waals surface area contributed by atoms with Crippen LogP contribution in [0.5, 0.6) is 11.5 Å². The van der Waals surface area contributed by atoms with Gasteiger partial charge < -0.3 is 30.3 Å². The first-order chi connectivity index (χ1) is 16.1. The van der Waals surface area contributed by atoms with E-state index in [-0.39, 0.29) is 11.9 Å². The summed E-state index contributed by atoms with van der Waals surface area (Å²) in [6, 6.07) is 11.7. The number of piperazine rings is 1. The van der Waals surface area contributed by atoms with Gasteiger partial charge >= 0.3 is 0 Å². The number of carbonyl (C=O) groups is 1. The van der Waals surface area contributed by atoms with Crippen molar-refractivity contribution in [3.05, 3.63) is 47.5 Å². The van der Waals surface area contributed by atoms with E-state index >= 15 is 0 Å². The molecule has 1 aromatic heterocycles. The lowest BCUT2D eigenvalue weighted by Gasteiger charge is -2.37. The Labute approximate surface area is 192 Å². The number of methoxy groups -OCH3 is 2. The molecule has 0 saturated carbocycles. The van der Waals surface area contributed by atoms with Gasteiger partial charge in [-0.25, -0.2) is 4.98 Å². The summed E-state index contributed by atoms with van der Waals surface area (Å²) in [5, 5.41) is 4.11. The molecule has 3 aromatic rings. The molecule has 0 bridgehead atoms. The number of hydrogen-bond acceptors (Lipinski definition) is 8. The first-order valence-electron chi connectivity index (χ1n) is 11.1. The van der Waals surface area contributed by atoms with E-state index in [1.165, 1.54) is 11.1 Å². The third-order valence-corrected chi connectivity index (χ3v) is 6.47. The van der Waals surface area contributed by atoms with E-state index in [2.05, 4.69) is 27.3 Å². The Morgan fingerprint density at radius 3 is 2.45 bits per heavy atom. The number of nitrogens with two attached hydrogens (primary N) is 1. The highest BCUT2D eigenvalue weighted by molar-refractivity contribution is 5.91. The number of nitrogens with zero attached hydrogens (tertiary/aromatic N) is 4. The quantitative estimate of drug-likeness (QED) is 0.620. The molecule has 1 atom stereocenters. The minimum atomic E-state index is -0.179. The molecular formula is C24H28N6O3. The van der Waals surface area contributed by atoms with Crippen LogP contribution in [0.15, 0.2) is 36.4 Å². The molecule has 0 radical (unpaired) electrons. The summed E-state index contributed by atoms with van der Waals surface area (Å²) in [6.45, 7) is 3.25. The zero-order valence-corrected chi connectivity index (χ0v) is 18.9. The largest absolute Gasteiger partial charge is 0.493 e. The molecule has 2 aromatic carbocycles. The fourth-order valence-corrected chi connectivity index (χ4v) is 4.58. The number of fused-ring (bicyclic) bond motifs is 2. The number of benzene rings is 2. The molecule has 9 nitrogen and oxygen atoms in total. The molecule has 0 unspecified atom stereocenters. The smallest absolute Gasteiger partial charge is 0.240 e. The van der Waals surface area contributed by atoms with Crippen LogP contribution < -0.4 is 25.4 Å². The molecule has 1 fully saturated rings. The van der Waals surface area contributed by atoms with Crippen molar-refractivity contribution in [1.29, 1.82) is 0 Å². The summed E-state index contributed by atoms with van der Waals surface area (Å²) < 4.78 is 10.8. The van der Waals surface area contributed by atoms with E-state index in [0.29, 0.717) is 60.3 Å². The zero-order valence-electron chi connectivity index (χ0n) is 18.9. The number of aromatic nitrogens is 2. The molecule has 3 N–H and O–H groups in total. The van der Waals surface area contributed by atoms with Crippen molar-refractivity contribution in [2.45, 2.75) is 19.0 Å². The number of rotatable bonds is 4. The molecule has 2 aliphatic heterocycles. The highest BCUT2D eigenvalue weighted by Gasteiger charge is 2.30. The second-order valence-electron chi connectivity index (χ2n) is 8.35.